The van der Waals surface area contributed by atoms with Crippen molar-refractivity contribution in [3.63, 3.8) is 0 Å². The number of hydrogen-bond acceptors (Lipinski definition) is 7. The quantitative estimate of drug-likeness (QED) is 0.241. The van der Waals surface area contributed by atoms with Gasteiger partial charge in [0.15, 0.2) is 5.78 Å². The van der Waals surface area contributed by atoms with Crippen molar-refractivity contribution in [3.8, 4) is 0 Å². The van der Waals surface area contributed by atoms with Crippen LogP contribution in [0.15, 0.2) is 24.3 Å². The van der Waals surface area contributed by atoms with Gasteiger partial charge in [0.25, 0.3) is 0 Å². The Kier molecular flexibility index (Phi) is 16.5. The molecule has 0 saturated carbocycles. The Morgan fingerprint density at radius 2 is 1.14 bits per heavy atom. The molecular formula is C22H36O7. The minimum Gasteiger partial charge on any atom is -0.379 e. The molecule has 0 aliphatic rings. The van der Waals surface area contributed by atoms with E-state index < -0.39 is 0 Å². The molecule has 0 amide bonds. The van der Waals surface area contributed by atoms with Crippen molar-refractivity contribution in [1.29, 1.82) is 0 Å². The van der Waals surface area contributed by atoms with E-state index in [4.69, 9.17) is 28.4 Å². The van der Waals surface area contributed by atoms with Gasteiger partial charge < -0.3 is 28.4 Å². The fraction of sp³-hybridized carbons (Fsp3) is 0.682. The zero-order valence-electron chi connectivity index (χ0n) is 17.9. The Bertz CT molecular complexity index is 522. The molecule has 0 aliphatic carbocycles. The van der Waals surface area contributed by atoms with E-state index in [1.807, 2.05) is 18.2 Å². The van der Waals surface area contributed by atoms with Gasteiger partial charge in [0.2, 0.25) is 0 Å². The van der Waals surface area contributed by atoms with E-state index in [2.05, 4.69) is 6.92 Å². The van der Waals surface area contributed by atoms with Crippen molar-refractivity contribution in [2.24, 2.45) is 0 Å². The van der Waals surface area contributed by atoms with E-state index in [0.717, 1.165) is 18.6 Å². The second-order valence-electron chi connectivity index (χ2n) is 6.37. The molecule has 0 N–H and O–H groups in total. The van der Waals surface area contributed by atoms with Crippen molar-refractivity contribution in [2.45, 2.75) is 26.9 Å². The maximum Gasteiger partial charge on any atom is 0.159 e. The van der Waals surface area contributed by atoms with Crippen LogP contribution in [0, 0.1) is 0 Å². The maximum absolute atomic E-state index is 11.3. The van der Waals surface area contributed by atoms with Gasteiger partial charge in [-0.1, -0.05) is 25.1 Å². The van der Waals surface area contributed by atoms with Crippen LogP contribution in [0.4, 0.5) is 0 Å². The summed E-state index contributed by atoms with van der Waals surface area (Å²) in [5.74, 6) is 0.0572. The van der Waals surface area contributed by atoms with Crippen LogP contribution in [-0.4, -0.2) is 78.5 Å². The lowest BCUT2D eigenvalue weighted by Crippen LogP contribution is -2.14. The van der Waals surface area contributed by atoms with Crippen molar-refractivity contribution in [2.75, 3.05) is 72.7 Å². The van der Waals surface area contributed by atoms with Gasteiger partial charge in [-0.05, 0) is 25.0 Å². The monoisotopic (exact) mass is 412 g/mol. The largest absolute Gasteiger partial charge is 0.379 e. The summed E-state index contributed by atoms with van der Waals surface area (Å²) in [6.07, 6.45) is 1.03. The van der Waals surface area contributed by atoms with E-state index in [0.29, 0.717) is 78.2 Å². The first-order valence-corrected chi connectivity index (χ1v) is 10.3. The SMILES string of the molecule is CCCOCCOCCOCCOCCOCCOCc1cccc(C(C)=O)c1. The zero-order chi connectivity index (χ0) is 21.0. The molecule has 0 saturated heterocycles. The van der Waals surface area contributed by atoms with E-state index in [1.165, 1.54) is 0 Å². The molecule has 29 heavy (non-hydrogen) atoms. The molecule has 7 nitrogen and oxygen atoms in total. The number of carbonyl (C=O) groups is 1. The van der Waals surface area contributed by atoms with Crippen molar-refractivity contribution >= 4 is 5.78 Å². The highest BCUT2D eigenvalue weighted by molar-refractivity contribution is 5.94. The highest BCUT2D eigenvalue weighted by atomic mass is 16.6. The molecule has 0 aromatic heterocycles. The molecule has 7 heteroatoms. The fourth-order valence-corrected chi connectivity index (χ4v) is 2.31. The maximum atomic E-state index is 11.3. The Labute approximate surface area is 174 Å². The van der Waals surface area contributed by atoms with Gasteiger partial charge in [-0.2, -0.15) is 0 Å². The predicted octanol–water partition coefficient (Wildman–Crippen LogP) is 2.90. The summed E-state index contributed by atoms with van der Waals surface area (Å²) < 4.78 is 32.6. The number of Topliss-reactive ketones (excluding diaryl/α,β-unsaturated/α-hetero) is 1. The van der Waals surface area contributed by atoms with Gasteiger partial charge >= 0.3 is 0 Å². The summed E-state index contributed by atoms with van der Waals surface area (Å²) >= 11 is 0. The molecule has 0 heterocycles. The van der Waals surface area contributed by atoms with Crippen LogP contribution in [0.2, 0.25) is 0 Å². The Morgan fingerprint density at radius 1 is 0.690 bits per heavy atom. The number of rotatable bonds is 20. The third-order valence-corrected chi connectivity index (χ3v) is 3.81. The smallest absolute Gasteiger partial charge is 0.159 e. The minimum atomic E-state index is 0.0572. The number of benzene rings is 1. The first kappa shape index (κ1) is 25.7. The third-order valence-electron chi connectivity index (χ3n) is 3.81. The summed E-state index contributed by atoms with van der Waals surface area (Å²) in [7, 11) is 0. The Hall–Kier alpha value is -1.35. The van der Waals surface area contributed by atoms with E-state index in [1.54, 1.807) is 13.0 Å². The lowest BCUT2D eigenvalue weighted by molar-refractivity contribution is -0.0176. The number of ether oxygens (including phenoxy) is 6. The molecule has 0 fully saturated rings. The summed E-state index contributed by atoms with van der Waals surface area (Å²) in [6.45, 7) is 10.4. The second-order valence-corrected chi connectivity index (χ2v) is 6.37. The molecule has 0 bridgehead atoms. The average Bonchev–Trinajstić information content (AvgIpc) is 2.73. The van der Waals surface area contributed by atoms with E-state index in [-0.39, 0.29) is 5.78 Å². The zero-order valence-corrected chi connectivity index (χ0v) is 17.9. The topological polar surface area (TPSA) is 72.5 Å². The normalized spacial score (nSPS) is 11.1. The van der Waals surface area contributed by atoms with Gasteiger partial charge in [0.05, 0.1) is 72.7 Å². The van der Waals surface area contributed by atoms with Gasteiger partial charge in [0.1, 0.15) is 0 Å². The van der Waals surface area contributed by atoms with Crippen molar-refractivity contribution in [1.82, 2.24) is 0 Å². The number of carbonyl (C=O) groups excluding carboxylic acids is 1. The number of ketones is 1. The minimum absolute atomic E-state index is 0.0572. The van der Waals surface area contributed by atoms with E-state index in [9.17, 15) is 4.79 Å². The van der Waals surface area contributed by atoms with Crippen LogP contribution in [0.5, 0.6) is 0 Å². The predicted molar refractivity (Wildman–Crippen MR) is 110 cm³/mol. The summed E-state index contributed by atoms with van der Waals surface area (Å²) in [6, 6.07) is 7.47. The average molecular weight is 413 g/mol. The third kappa shape index (κ3) is 15.2. The van der Waals surface area contributed by atoms with Gasteiger partial charge in [0, 0.05) is 12.2 Å². The first-order valence-electron chi connectivity index (χ1n) is 10.3. The molecule has 0 spiro atoms. The molecule has 0 atom stereocenters. The molecule has 0 unspecified atom stereocenters. The summed E-state index contributed by atoms with van der Waals surface area (Å²) in [5, 5.41) is 0. The lowest BCUT2D eigenvalue weighted by Gasteiger charge is -2.08. The fourth-order valence-electron chi connectivity index (χ4n) is 2.31. The molecule has 1 aromatic rings. The van der Waals surface area contributed by atoms with Crippen molar-refractivity contribution in [3.05, 3.63) is 35.4 Å². The molecule has 166 valence electrons. The highest BCUT2D eigenvalue weighted by Gasteiger charge is 2.00. The molecular weight excluding hydrogens is 376 g/mol. The van der Waals surface area contributed by atoms with Crippen molar-refractivity contribution < 1.29 is 33.2 Å². The lowest BCUT2D eigenvalue weighted by atomic mass is 10.1. The van der Waals surface area contributed by atoms with Crippen LogP contribution in [-0.2, 0) is 35.0 Å². The van der Waals surface area contributed by atoms with Gasteiger partial charge in [-0.25, -0.2) is 0 Å². The van der Waals surface area contributed by atoms with E-state index >= 15 is 0 Å². The van der Waals surface area contributed by atoms with Crippen LogP contribution < -0.4 is 0 Å². The summed E-state index contributed by atoms with van der Waals surface area (Å²) in [5.41, 5.74) is 1.68. The van der Waals surface area contributed by atoms with Crippen LogP contribution in [0.3, 0.4) is 0 Å². The number of hydrogen-bond donors (Lipinski definition) is 0. The summed E-state index contributed by atoms with van der Waals surface area (Å²) in [4.78, 5) is 11.3. The Morgan fingerprint density at radius 3 is 1.59 bits per heavy atom. The second kappa shape index (κ2) is 18.7. The standard InChI is InChI=1S/C22H36O7/c1-3-7-24-8-9-25-10-11-26-12-13-27-14-15-28-16-17-29-19-21-5-4-6-22(18-21)20(2)23/h4-6,18H,3,7-17,19H2,1-2H3. The Balaban J connectivity index is 1.79. The van der Waals surface area contributed by atoms with Crippen LogP contribution in [0.1, 0.15) is 36.2 Å². The first-order chi connectivity index (χ1) is 14.2. The van der Waals surface area contributed by atoms with Gasteiger partial charge in [-0.15, -0.1) is 0 Å². The molecule has 0 radical (unpaired) electrons. The highest BCUT2D eigenvalue weighted by Crippen LogP contribution is 2.07. The van der Waals surface area contributed by atoms with Crippen LogP contribution >= 0.6 is 0 Å². The molecule has 1 rings (SSSR count). The molecule has 1 aromatic carbocycles. The molecule has 0 aliphatic heterocycles. The van der Waals surface area contributed by atoms with Crippen LogP contribution in [0.25, 0.3) is 0 Å². The van der Waals surface area contributed by atoms with Gasteiger partial charge in [-0.3, -0.25) is 4.79 Å².